The molecule has 2 aromatic heterocycles. The molecule has 1 atom stereocenters. The summed E-state index contributed by atoms with van der Waals surface area (Å²) in [7, 11) is 0. The maximum absolute atomic E-state index is 13.2. The molecule has 5 rings (SSSR count). The Morgan fingerprint density at radius 1 is 1.13 bits per heavy atom. The number of piperidine rings is 1. The van der Waals surface area contributed by atoms with Crippen LogP contribution >= 0.6 is 0 Å². The highest BCUT2D eigenvalue weighted by molar-refractivity contribution is 5.79. The number of hydrogen-bond acceptors (Lipinski definition) is 6. The Morgan fingerprint density at radius 2 is 1.90 bits per heavy atom. The van der Waals surface area contributed by atoms with E-state index in [1.165, 1.54) is 12.8 Å². The van der Waals surface area contributed by atoms with Crippen LogP contribution in [0, 0.1) is 6.92 Å². The number of aromatic amines is 1. The van der Waals surface area contributed by atoms with E-state index in [4.69, 9.17) is 0 Å². The van der Waals surface area contributed by atoms with E-state index in [1.54, 1.807) is 0 Å². The quantitative estimate of drug-likeness (QED) is 0.688. The van der Waals surface area contributed by atoms with E-state index < -0.39 is 0 Å². The smallest absolute Gasteiger partial charge is 0.253 e. The number of aryl methyl sites for hydroxylation is 1. The van der Waals surface area contributed by atoms with E-state index in [1.807, 2.05) is 29.8 Å². The van der Waals surface area contributed by atoms with Gasteiger partial charge in [-0.05, 0) is 66.1 Å². The Balaban J connectivity index is 1.63. The summed E-state index contributed by atoms with van der Waals surface area (Å²) in [6, 6.07) is 8.03. The number of H-pyrrole nitrogens is 1. The van der Waals surface area contributed by atoms with Crippen LogP contribution in [0.2, 0.25) is 0 Å². The molecular formula is C22H28N6O2. The van der Waals surface area contributed by atoms with Crippen molar-refractivity contribution < 1.29 is 5.11 Å². The van der Waals surface area contributed by atoms with Crippen LogP contribution in [0.4, 0.5) is 0 Å². The first-order valence-electron chi connectivity index (χ1n) is 10.9. The normalized spacial score (nSPS) is 20.2. The molecule has 1 saturated heterocycles. The standard InChI is InChI=1S/C22H28N6O2/c1-14-6-7-15-13-18(22(30)23-19(15)12-14)20(27-10-8-17(29)9-11-27)21-24-25-26-28(21)16-4-2-3-5-16/h6-7,12-13,16-17,20,29H,2-5,8-11H2,1H3,(H,23,30). The molecule has 1 aliphatic heterocycles. The fraction of sp³-hybridized carbons (Fsp3) is 0.545. The SMILES string of the molecule is Cc1ccc2cc(C(c3nnnn3C3CCCC3)N3CCC(O)CC3)c(=O)[nH]c2c1. The summed E-state index contributed by atoms with van der Waals surface area (Å²) < 4.78 is 1.95. The highest BCUT2D eigenvalue weighted by Gasteiger charge is 2.34. The number of hydrogen-bond donors (Lipinski definition) is 2. The average molecular weight is 409 g/mol. The second-order valence-electron chi connectivity index (χ2n) is 8.73. The van der Waals surface area contributed by atoms with Crippen LogP contribution < -0.4 is 5.56 Å². The van der Waals surface area contributed by atoms with Gasteiger partial charge in [0.2, 0.25) is 0 Å². The molecule has 1 unspecified atom stereocenters. The summed E-state index contributed by atoms with van der Waals surface area (Å²) >= 11 is 0. The van der Waals surface area contributed by atoms with Gasteiger partial charge in [0.1, 0.15) is 6.04 Å². The third kappa shape index (κ3) is 3.54. The molecule has 8 heteroatoms. The topological polar surface area (TPSA) is 99.9 Å². The lowest BCUT2D eigenvalue weighted by Crippen LogP contribution is -2.42. The molecule has 0 radical (unpaired) electrons. The lowest BCUT2D eigenvalue weighted by molar-refractivity contribution is 0.0654. The van der Waals surface area contributed by atoms with Crippen LogP contribution in [0.25, 0.3) is 10.9 Å². The van der Waals surface area contributed by atoms with Crippen molar-refractivity contribution in [3.05, 3.63) is 51.6 Å². The van der Waals surface area contributed by atoms with E-state index >= 15 is 0 Å². The molecule has 8 nitrogen and oxygen atoms in total. The third-order valence-electron chi connectivity index (χ3n) is 6.62. The number of tetrazole rings is 1. The average Bonchev–Trinajstić information content (AvgIpc) is 3.42. The van der Waals surface area contributed by atoms with Gasteiger partial charge in [-0.2, -0.15) is 0 Å². The monoisotopic (exact) mass is 408 g/mol. The van der Waals surface area contributed by atoms with Gasteiger partial charge in [-0.15, -0.1) is 5.10 Å². The van der Waals surface area contributed by atoms with Crippen molar-refractivity contribution in [3.8, 4) is 0 Å². The molecule has 2 fully saturated rings. The van der Waals surface area contributed by atoms with Crippen LogP contribution in [-0.2, 0) is 0 Å². The summed E-state index contributed by atoms with van der Waals surface area (Å²) in [6.07, 6.45) is 5.58. The number of likely N-dealkylation sites (tertiary alicyclic amines) is 1. The van der Waals surface area contributed by atoms with Crippen molar-refractivity contribution in [1.82, 2.24) is 30.1 Å². The van der Waals surface area contributed by atoms with Crippen molar-refractivity contribution in [2.45, 2.75) is 63.6 Å². The first-order chi connectivity index (χ1) is 14.6. The highest BCUT2D eigenvalue weighted by atomic mass is 16.3. The number of fused-ring (bicyclic) bond motifs is 1. The number of benzene rings is 1. The molecule has 1 saturated carbocycles. The van der Waals surface area contributed by atoms with Crippen LogP contribution in [0.3, 0.4) is 0 Å². The van der Waals surface area contributed by atoms with E-state index in [0.717, 1.165) is 35.1 Å². The Labute approximate surface area is 174 Å². The Hall–Kier alpha value is -2.58. The van der Waals surface area contributed by atoms with Crippen LogP contribution in [0.15, 0.2) is 29.1 Å². The predicted octanol–water partition coefficient (Wildman–Crippen LogP) is 2.48. The number of aliphatic hydroxyl groups excluding tert-OH is 1. The van der Waals surface area contributed by atoms with Gasteiger partial charge in [0.15, 0.2) is 5.82 Å². The Bertz CT molecular complexity index is 1090. The summed E-state index contributed by atoms with van der Waals surface area (Å²) in [4.78, 5) is 18.5. The van der Waals surface area contributed by atoms with Crippen molar-refractivity contribution in [2.24, 2.45) is 0 Å². The minimum atomic E-state index is -0.331. The second-order valence-corrected chi connectivity index (χ2v) is 8.73. The molecule has 1 aromatic carbocycles. The number of nitrogens with one attached hydrogen (secondary N) is 1. The minimum Gasteiger partial charge on any atom is -0.393 e. The van der Waals surface area contributed by atoms with E-state index in [-0.39, 0.29) is 23.7 Å². The van der Waals surface area contributed by atoms with E-state index in [0.29, 0.717) is 31.5 Å². The molecule has 0 bridgehead atoms. The van der Waals surface area contributed by atoms with Crippen molar-refractivity contribution in [2.75, 3.05) is 13.1 Å². The molecule has 0 amide bonds. The zero-order valence-electron chi connectivity index (χ0n) is 17.3. The van der Waals surface area contributed by atoms with Gasteiger partial charge < -0.3 is 10.1 Å². The van der Waals surface area contributed by atoms with Crippen LogP contribution in [-0.4, -0.2) is 54.4 Å². The summed E-state index contributed by atoms with van der Waals surface area (Å²) in [5.74, 6) is 0.732. The van der Waals surface area contributed by atoms with Crippen molar-refractivity contribution >= 4 is 10.9 Å². The van der Waals surface area contributed by atoms with Gasteiger partial charge in [0.25, 0.3) is 5.56 Å². The highest BCUT2D eigenvalue weighted by Crippen LogP contribution is 2.34. The third-order valence-corrected chi connectivity index (χ3v) is 6.62. The first-order valence-corrected chi connectivity index (χ1v) is 10.9. The van der Waals surface area contributed by atoms with Gasteiger partial charge in [-0.1, -0.05) is 25.0 Å². The molecule has 2 aliphatic rings. The second kappa shape index (κ2) is 7.92. The zero-order valence-corrected chi connectivity index (χ0v) is 17.3. The number of aromatic nitrogens is 5. The van der Waals surface area contributed by atoms with Crippen LogP contribution in [0.1, 0.15) is 67.6 Å². The van der Waals surface area contributed by atoms with Gasteiger partial charge in [0, 0.05) is 24.2 Å². The number of aliphatic hydroxyl groups is 1. The zero-order chi connectivity index (χ0) is 20.7. The van der Waals surface area contributed by atoms with Crippen molar-refractivity contribution in [3.63, 3.8) is 0 Å². The maximum atomic E-state index is 13.2. The van der Waals surface area contributed by atoms with E-state index in [2.05, 4.69) is 31.5 Å². The Morgan fingerprint density at radius 3 is 2.67 bits per heavy atom. The van der Waals surface area contributed by atoms with Gasteiger partial charge in [0.05, 0.1) is 12.1 Å². The molecule has 3 heterocycles. The first kappa shape index (κ1) is 19.4. The number of rotatable bonds is 4. The van der Waals surface area contributed by atoms with Gasteiger partial charge in [-0.25, -0.2) is 4.68 Å². The molecule has 0 spiro atoms. The fourth-order valence-electron chi connectivity index (χ4n) is 4.97. The largest absolute Gasteiger partial charge is 0.393 e. The molecule has 1 aliphatic carbocycles. The molecule has 3 aromatic rings. The van der Waals surface area contributed by atoms with Gasteiger partial charge >= 0.3 is 0 Å². The number of pyridine rings is 1. The van der Waals surface area contributed by atoms with Crippen LogP contribution in [0.5, 0.6) is 0 Å². The van der Waals surface area contributed by atoms with Crippen molar-refractivity contribution in [1.29, 1.82) is 0 Å². The Kier molecular flexibility index (Phi) is 5.12. The lowest BCUT2D eigenvalue weighted by Gasteiger charge is -2.35. The molecule has 2 N–H and O–H groups in total. The maximum Gasteiger partial charge on any atom is 0.253 e. The molecular weight excluding hydrogens is 380 g/mol. The molecule has 30 heavy (non-hydrogen) atoms. The number of nitrogens with zero attached hydrogens (tertiary/aromatic N) is 5. The summed E-state index contributed by atoms with van der Waals surface area (Å²) in [6.45, 7) is 3.42. The van der Waals surface area contributed by atoms with Gasteiger partial charge in [-0.3, -0.25) is 9.69 Å². The molecule has 158 valence electrons. The van der Waals surface area contributed by atoms with E-state index in [9.17, 15) is 9.90 Å². The fourth-order valence-corrected chi connectivity index (χ4v) is 4.97. The lowest BCUT2D eigenvalue weighted by atomic mass is 9.99. The minimum absolute atomic E-state index is 0.106. The summed E-state index contributed by atoms with van der Waals surface area (Å²) in [5, 5.41) is 23.8. The predicted molar refractivity (Wildman–Crippen MR) is 113 cm³/mol. The summed E-state index contributed by atoms with van der Waals surface area (Å²) in [5.41, 5.74) is 2.51.